The van der Waals surface area contributed by atoms with Crippen LogP contribution in [-0.2, 0) is 0 Å². The third kappa shape index (κ3) is 1.79. The third-order valence-corrected chi connectivity index (χ3v) is 2.41. The summed E-state index contributed by atoms with van der Waals surface area (Å²) >= 11 is 6.03. The van der Waals surface area contributed by atoms with Crippen LogP contribution in [-0.4, -0.2) is 0 Å². The molecule has 0 aliphatic carbocycles. The van der Waals surface area contributed by atoms with Crippen molar-refractivity contribution in [2.24, 2.45) is 0 Å². The van der Waals surface area contributed by atoms with Crippen molar-refractivity contribution in [2.45, 2.75) is 0 Å². The van der Waals surface area contributed by atoms with E-state index in [-0.39, 0.29) is 0 Å². The van der Waals surface area contributed by atoms with E-state index in [1.54, 1.807) is 18.2 Å². The lowest BCUT2D eigenvalue weighted by Gasteiger charge is -2.03. The lowest BCUT2D eigenvalue weighted by molar-refractivity contribution is 1.48. The Morgan fingerprint density at radius 1 is 1.07 bits per heavy atom. The maximum absolute atomic E-state index is 8.96. The van der Waals surface area contributed by atoms with Gasteiger partial charge >= 0.3 is 0 Å². The van der Waals surface area contributed by atoms with E-state index in [9.17, 15) is 0 Å². The van der Waals surface area contributed by atoms with E-state index in [0.717, 1.165) is 11.1 Å². The molecular weight excluding hydrogens is 206 g/mol. The zero-order valence-corrected chi connectivity index (χ0v) is 8.55. The Morgan fingerprint density at radius 2 is 1.80 bits per heavy atom. The van der Waals surface area contributed by atoms with Crippen LogP contribution < -0.4 is 0 Å². The van der Waals surface area contributed by atoms with Crippen LogP contribution in [0.1, 0.15) is 5.56 Å². The maximum Gasteiger partial charge on any atom is 0.0998 e. The van der Waals surface area contributed by atoms with E-state index >= 15 is 0 Å². The summed E-state index contributed by atoms with van der Waals surface area (Å²) in [5, 5.41) is 9.54. The van der Waals surface area contributed by atoms with Crippen LogP contribution in [0.15, 0.2) is 36.4 Å². The number of hydrogen-bond acceptors (Lipinski definition) is 1. The summed E-state index contributed by atoms with van der Waals surface area (Å²) in [5.41, 5.74) is 2.25. The van der Waals surface area contributed by atoms with Crippen molar-refractivity contribution < 1.29 is 0 Å². The number of hydrogen-bond donors (Lipinski definition) is 0. The number of halogens is 1. The van der Waals surface area contributed by atoms with E-state index in [1.807, 2.05) is 18.2 Å². The Balaban J connectivity index is 2.65. The summed E-state index contributed by atoms with van der Waals surface area (Å²) < 4.78 is 0. The molecule has 1 nitrogen and oxygen atoms in total. The van der Waals surface area contributed by atoms with Crippen LogP contribution in [0.4, 0.5) is 0 Å². The summed E-state index contributed by atoms with van der Waals surface area (Å²) in [6.45, 7) is 0. The van der Waals surface area contributed by atoms with Gasteiger partial charge in [-0.25, -0.2) is 0 Å². The predicted octanol–water partition coefficient (Wildman–Crippen LogP) is 3.48. The molecule has 0 aliphatic rings. The Morgan fingerprint density at radius 3 is 2.53 bits per heavy atom. The summed E-state index contributed by atoms with van der Waals surface area (Å²) in [6.07, 6.45) is 0. The second kappa shape index (κ2) is 4.05. The molecule has 2 aromatic rings. The Labute approximate surface area is 93.5 Å². The predicted molar refractivity (Wildman–Crippen MR) is 59.3 cm³/mol. The van der Waals surface area contributed by atoms with E-state index in [2.05, 4.69) is 18.2 Å². The van der Waals surface area contributed by atoms with Crippen molar-refractivity contribution in [2.75, 3.05) is 0 Å². The van der Waals surface area contributed by atoms with Crippen LogP contribution in [0.5, 0.6) is 0 Å². The molecule has 2 aromatic carbocycles. The molecule has 0 saturated heterocycles. The smallest absolute Gasteiger partial charge is 0.0998 e. The first kappa shape index (κ1) is 9.59. The standard InChI is InChI=1S/C13H6ClN/c14-13-8-4-3-7-12(13)11-6-2-1-5-10(11)9-15/h1-2,5-8H. The van der Waals surface area contributed by atoms with Gasteiger partial charge in [-0.05, 0) is 12.1 Å². The molecule has 2 heteroatoms. The fourth-order valence-corrected chi connectivity index (χ4v) is 1.60. The lowest BCUT2D eigenvalue weighted by Crippen LogP contribution is -1.83. The van der Waals surface area contributed by atoms with Crippen LogP contribution in [0.25, 0.3) is 11.1 Å². The van der Waals surface area contributed by atoms with Crippen LogP contribution in [0, 0.1) is 23.5 Å². The molecule has 0 saturated carbocycles. The fraction of sp³-hybridized carbons (Fsp3) is 0. The monoisotopic (exact) mass is 211 g/mol. The van der Waals surface area contributed by atoms with Gasteiger partial charge in [-0.2, -0.15) is 5.26 Å². The van der Waals surface area contributed by atoms with Gasteiger partial charge in [-0.1, -0.05) is 41.9 Å². The molecular formula is C13H6ClN. The Kier molecular flexibility index (Phi) is 2.59. The summed E-state index contributed by atoms with van der Waals surface area (Å²) in [4.78, 5) is 0. The van der Waals surface area contributed by atoms with Crippen molar-refractivity contribution in [3.8, 4) is 17.2 Å². The van der Waals surface area contributed by atoms with E-state index in [0.29, 0.717) is 10.6 Å². The molecule has 70 valence electrons. The molecule has 0 bridgehead atoms. The van der Waals surface area contributed by atoms with Crippen LogP contribution >= 0.6 is 11.6 Å². The molecule has 0 spiro atoms. The molecule has 0 heterocycles. The van der Waals surface area contributed by atoms with E-state index in [1.165, 1.54) is 0 Å². The average Bonchev–Trinajstić information content (AvgIpc) is 2.30. The second-order valence-electron chi connectivity index (χ2n) is 3.00. The summed E-state index contributed by atoms with van der Waals surface area (Å²) in [7, 11) is 0. The van der Waals surface area contributed by atoms with Crippen molar-refractivity contribution in [3.05, 3.63) is 59.1 Å². The van der Waals surface area contributed by atoms with Gasteiger partial charge in [0.15, 0.2) is 0 Å². The third-order valence-electron chi connectivity index (χ3n) is 2.09. The minimum absolute atomic E-state index is 0.580. The molecule has 2 rings (SSSR count). The summed E-state index contributed by atoms with van der Waals surface area (Å²) in [5.74, 6) is 0. The second-order valence-corrected chi connectivity index (χ2v) is 3.40. The van der Waals surface area contributed by atoms with Gasteiger partial charge in [0.1, 0.15) is 0 Å². The van der Waals surface area contributed by atoms with Gasteiger partial charge in [0.2, 0.25) is 0 Å². The van der Waals surface area contributed by atoms with Gasteiger partial charge in [0.25, 0.3) is 0 Å². The number of nitrogens with zero attached hydrogens (tertiary/aromatic N) is 1. The van der Waals surface area contributed by atoms with Gasteiger partial charge in [-0.15, -0.1) is 0 Å². The molecule has 0 N–H and O–H groups in total. The molecule has 0 amide bonds. The minimum Gasteiger partial charge on any atom is -0.192 e. The molecule has 0 fully saturated rings. The van der Waals surface area contributed by atoms with Crippen LogP contribution in [0.3, 0.4) is 0 Å². The molecule has 0 radical (unpaired) electrons. The van der Waals surface area contributed by atoms with Gasteiger partial charge in [-0.3, -0.25) is 0 Å². The minimum atomic E-state index is 0.580. The van der Waals surface area contributed by atoms with Crippen molar-refractivity contribution in [1.82, 2.24) is 0 Å². The molecule has 0 atom stereocenters. The van der Waals surface area contributed by atoms with Crippen molar-refractivity contribution in [1.29, 1.82) is 5.26 Å². The number of nitriles is 1. The highest BCUT2D eigenvalue weighted by molar-refractivity contribution is 6.33. The highest BCUT2D eigenvalue weighted by Gasteiger charge is 2.06. The maximum atomic E-state index is 8.96. The average molecular weight is 212 g/mol. The van der Waals surface area contributed by atoms with Gasteiger partial charge in [0.05, 0.1) is 16.7 Å². The largest absolute Gasteiger partial charge is 0.192 e. The fourth-order valence-electron chi connectivity index (χ4n) is 1.39. The zero-order valence-electron chi connectivity index (χ0n) is 7.79. The highest BCUT2D eigenvalue weighted by Crippen LogP contribution is 2.28. The SMILES string of the molecule is N#Cc1ccccc1-c1cc#ccc1Cl. The Bertz CT molecular complexity index is 526. The molecule has 15 heavy (non-hydrogen) atoms. The van der Waals surface area contributed by atoms with Gasteiger partial charge < -0.3 is 0 Å². The Hall–Kier alpha value is -1.96. The van der Waals surface area contributed by atoms with Crippen LogP contribution in [0.2, 0.25) is 5.02 Å². The summed E-state index contributed by atoms with van der Waals surface area (Å²) in [6, 6.07) is 18.5. The first-order valence-corrected chi connectivity index (χ1v) is 4.77. The number of benzene rings is 1. The van der Waals surface area contributed by atoms with E-state index in [4.69, 9.17) is 16.9 Å². The topological polar surface area (TPSA) is 23.8 Å². The quantitative estimate of drug-likeness (QED) is 0.709. The molecule has 0 unspecified atom stereocenters. The van der Waals surface area contributed by atoms with E-state index < -0.39 is 0 Å². The lowest BCUT2D eigenvalue weighted by atomic mass is 10.0. The first-order valence-electron chi connectivity index (χ1n) is 4.39. The normalized spacial score (nSPS) is 9.07. The first-order chi connectivity index (χ1) is 7.33. The molecule has 0 aliphatic heterocycles. The van der Waals surface area contributed by atoms with Gasteiger partial charge in [0, 0.05) is 17.2 Å². The van der Waals surface area contributed by atoms with Crippen molar-refractivity contribution >= 4 is 11.6 Å². The van der Waals surface area contributed by atoms with Crippen molar-refractivity contribution in [3.63, 3.8) is 0 Å². The zero-order chi connectivity index (χ0) is 10.7. The number of rotatable bonds is 1. The molecule has 0 aromatic heterocycles. The highest BCUT2D eigenvalue weighted by atomic mass is 35.5.